The molecule has 0 saturated heterocycles. The Balaban J connectivity index is 1.91. The van der Waals surface area contributed by atoms with E-state index < -0.39 is 0 Å². The molecule has 1 aromatic carbocycles. The van der Waals surface area contributed by atoms with E-state index in [1.807, 2.05) is 60.8 Å². The van der Waals surface area contributed by atoms with Crippen molar-refractivity contribution in [2.24, 2.45) is 0 Å². The molecule has 1 amide bonds. The Labute approximate surface area is 141 Å². The topological polar surface area (TPSA) is 55.6 Å². The lowest BCUT2D eigenvalue weighted by Crippen LogP contribution is -2.31. The Morgan fingerprint density at radius 2 is 2.00 bits per heavy atom. The molecule has 0 bridgehead atoms. The highest BCUT2D eigenvalue weighted by Crippen LogP contribution is 2.17. The molecule has 0 fully saturated rings. The van der Waals surface area contributed by atoms with Crippen molar-refractivity contribution in [3.63, 3.8) is 0 Å². The number of methoxy groups -OCH3 is 1. The normalized spacial score (nSPS) is 12.3. The molecule has 0 spiro atoms. The second-order valence-electron chi connectivity index (χ2n) is 5.85. The van der Waals surface area contributed by atoms with Gasteiger partial charge in [-0.05, 0) is 31.5 Å². The van der Waals surface area contributed by atoms with E-state index in [0.717, 1.165) is 17.0 Å². The number of benzene rings is 1. The number of aromatic nitrogens is 2. The third kappa shape index (κ3) is 3.16. The van der Waals surface area contributed by atoms with E-state index in [2.05, 4.69) is 10.3 Å². The highest BCUT2D eigenvalue weighted by molar-refractivity contribution is 6.00. The van der Waals surface area contributed by atoms with Crippen LogP contribution >= 0.6 is 0 Å². The Morgan fingerprint density at radius 1 is 1.25 bits per heavy atom. The van der Waals surface area contributed by atoms with E-state index in [4.69, 9.17) is 4.74 Å². The van der Waals surface area contributed by atoms with Gasteiger partial charge in [-0.1, -0.05) is 30.3 Å². The zero-order valence-electron chi connectivity index (χ0n) is 14.1. The predicted molar refractivity (Wildman–Crippen MR) is 93.2 cm³/mol. The Morgan fingerprint density at radius 3 is 2.71 bits per heavy atom. The maximum absolute atomic E-state index is 12.8. The summed E-state index contributed by atoms with van der Waals surface area (Å²) in [5, 5.41) is 3.05. The van der Waals surface area contributed by atoms with Gasteiger partial charge in [0.15, 0.2) is 0 Å². The standard InChI is InChI=1S/C19H21N3O2/c1-13-11-14(2)22-10-9-16(18(22)20-13)19(23)21-17(12-24-3)15-7-5-4-6-8-15/h4-11,17H,12H2,1-3H3,(H,21,23). The number of nitrogens with one attached hydrogen (secondary N) is 1. The molecule has 1 atom stereocenters. The van der Waals surface area contributed by atoms with Crippen LogP contribution in [0.4, 0.5) is 0 Å². The minimum Gasteiger partial charge on any atom is -0.382 e. The largest absolute Gasteiger partial charge is 0.382 e. The van der Waals surface area contributed by atoms with Gasteiger partial charge < -0.3 is 14.5 Å². The molecule has 0 aliphatic carbocycles. The number of carbonyl (C=O) groups is 1. The molecule has 0 radical (unpaired) electrons. The molecule has 124 valence electrons. The van der Waals surface area contributed by atoms with Crippen LogP contribution in [-0.2, 0) is 4.74 Å². The van der Waals surface area contributed by atoms with Crippen LogP contribution in [0.2, 0.25) is 0 Å². The summed E-state index contributed by atoms with van der Waals surface area (Å²) < 4.78 is 7.19. The van der Waals surface area contributed by atoms with Crippen LogP contribution < -0.4 is 5.32 Å². The van der Waals surface area contributed by atoms with Crippen molar-refractivity contribution >= 4 is 11.6 Å². The van der Waals surface area contributed by atoms with Crippen molar-refractivity contribution in [1.82, 2.24) is 14.7 Å². The molecule has 3 rings (SSSR count). The van der Waals surface area contributed by atoms with Crippen LogP contribution in [0.1, 0.15) is 33.4 Å². The number of ether oxygens (including phenoxy) is 1. The lowest BCUT2D eigenvalue weighted by molar-refractivity contribution is 0.0898. The molecular formula is C19H21N3O2. The van der Waals surface area contributed by atoms with E-state index >= 15 is 0 Å². The fraction of sp³-hybridized carbons (Fsp3) is 0.263. The zero-order valence-corrected chi connectivity index (χ0v) is 14.1. The molecule has 5 nitrogen and oxygen atoms in total. The summed E-state index contributed by atoms with van der Waals surface area (Å²) in [7, 11) is 1.63. The minimum atomic E-state index is -0.204. The average Bonchev–Trinajstić information content (AvgIpc) is 2.99. The van der Waals surface area contributed by atoms with Crippen molar-refractivity contribution in [2.75, 3.05) is 13.7 Å². The highest BCUT2D eigenvalue weighted by Gasteiger charge is 2.19. The van der Waals surface area contributed by atoms with Gasteiger partial charge in [0.25, 0.3) is 5.91 Å². The van der Waals surface area contributed by atoms with Crippen LogP contribution in [0.3, 0.4) is 0 Å². The van der Waals surface area contributed by atoms with Gasteiger partial charge in [-0.25, -0.2) is 4.98 Å². The summed E-state index contributed by atoms with van der Waals surface area (Å²) in [5.74, 6) is -0.152. The summed E-state index contributed by atoms with van der Waals surface area (Å²) in [6, 6.07) is 13.4. The van der Waals surface area contributed by atoms with Crippen LogP contribution in [0.5, 0.6) is 0 Å². The first-order chi connectivity index (χ1) is 11.6. The average molecular weight is 323 g/mol. The third-order valence-electron chi connectivity index (χ3n) is 4.02. The molecule has 1 unspecified atom stereocenters. The lowest BCUT2D eigenvalue weighted by Gasteiger charge is -2.18. The van der Waals surface area contributed by atoms with Gasteiger partial charge in [0.2, 0.25) is 0 Å². The Hall–Kier alpha value is -2.66. The van der Waals surface area contributed by atoms with Crippen molar-refractivity contribution < 1.29 is 9.53 Å². The highest BCUT2D eigenvalue weighted by atomic mass is 16.5. The maximum atomic E-state index is 12.8. The first-order valence-corrected chi connectivity index (χ1v) is 7.90. The number of hydrogen-bond acceptors (Lipinski definition) is 3. The quantitative estimate of drug-likeness (QED) is 0.785. The van der Waals surface area contributed by atoms with Crippen LogP contribution in [0.25, 0.3) is 5.65 Å². The first kappa shape index (κ1) is 16.2. The number of hydrogen-bond donors (Lipinski definition) is 1. The summed E-state index contributed by atoms with van der Waals surface area (Å²) in [6.07, 6.45) is 1.87. The van der Waals surface area contributed by atoms with E-state index in [-0.39, 0.29) is 11.9 Å². The lowest BCUT2D eigenvalue weighted by atomic mass is 10.1. The molecule has 3 aromatic rings. The van der Waals surface area contributed by atoms with Crippen molar-refractivity contribution in [1.29, 1.82) is 0 Å². The van der Waals surface area contributed by atoms with Crippen LogP contribution in [0.15, 0.2) is 48.7 Å². The van der Waals surface area contributed by atoms with Crippen molar-refractivity contribution in [2.45, 2.75) is 19.9 Å². The molecule has 5 heteroatoms. The third-order valence-corrected chi connectivity index (χ3v) is 4.02. The van der Waals surface area contributed by atoms with E-state index in [9.17, 15) is 4.79 Å². The van der Waals surface area contributed by atoms with Gasteiger partial charge in [-0.2, -0.15) is 0 Å². The number of fused-ring (bicyclic) bond motifs is 1. The molecule has 1 N–H and O–H groups in total. The molecule has 0 aliphatic rings. The van der Waals surface area contributed by atoms with Crippen molar-refractivity contribution in [3.8, 4) is 0 Å². The van der Waals surface area contributed by atoms with Crippen LogP contribution in [-0.4, -0.2) is 29.0 Å². The summed E-state index contributed by atoms with van der Waals surface area (Å²) in [4.78, 5) is 17.3. The smallest absolute Gasteiger partial charge is 0.255 e. The number of amides is 1. The fourth-order valence-electron chi connectivity index (χ4n) is 2.88. The molecule has 0 aliphatic heterocycles. The summed E-state index contributed by atoms with van der Waals surface area (Å²) in [6.45, 7) is 4.34. The van der Waals surface area contributed by atoms with Gasteiger partial charge in [0, 0.05) is 24.7 Å². The molecule has 2 heterocycles. The van der Waals surface area contributed by atoms with Crippen LogP contribution in [0, 0.1) is 13.8 Å². The zero-order chi connectivity index (χ0) is 17.1. The fourth-order valence-corrected chi connectivity index (χ4v) is 2.88. The number of carbonyl (C=O) groups excluding carboxylic acids is 1. The van der Waals surface area contributed by atoms with Gasteiger partial charge in [-0.15, -0.1) is 0 Å². The maximum Gasteiger partial charge on any atom is 0.255 e. The van der Waals surface area contributed by atoms with Crippen molar-refractivity contribution in [3.05, 3.63) is 71.2 Å². The summed E-state index contributed by atoms with van der Waals surface area (Å²) in [5.41, 5.74) is 4.20. The second kappa shape index (κ2) is 6.84. The predicted octanol–water partition coefficient (Wildman–Crippen LogP) is 3.07. The van der Waals surface area contributed by atoms with Gasteiger partial charge in [-0.3, -0.25) is 4.79 Å². The Bertz CT molecular complexity index is 856. The SMILES string of the molecule is COCC(NC(=O)c1ccn2c(C)cc(C)nc12)c1ccccc1. The van der Waals surface area contributed by atoms with E-state index in [1.165, 1.54) is 0 Å². The van der Waals surface area contributed by atoms with Gasteiger partial charge in [0.05, 0.1) is 18.2 Å². The summed E-state index contributed by atoms with van der Waals surface area (Å²) >= 11 is 0. The number of nitrogens with zero attached hydrogens (tertiary/aromatic N) is 2. The van der Waals surface area contributed by atoms with E-state index in [0.29, 0.717) is 17.8 Å². The second-order valence-corrected chi connectivity index (χ2v) is 5.85. The Kier molecular flexibility index (Phi) is 4.62. The molecule has 24 heavy (non-hydrogen) atoms. The number of rotatable bonds is 5. The molecular weight excluding hydrogens is 302 g/mol. The molecule has 0 saturated carbocycles. The van der Waals surface area contributed by atoms with Gasteiger partial charge >= 0.3 is 0 Å². The van der Waals surface area contributed by atoms with Gasteiger partial charge in [0.1, 0.15) is 5.65 Å². The number of aryl methyl sites for hydroxylation is 2. The molecule has 2 aromatic heterocycles. The first-order valence-electron chi connectivity index (χ1n) is 7.90. The minimum absolute atomic E-state index is 0.152. The van der Waals surface area contributed by atoms with E-state index in [1.54, 1.807) is 13.2 Å². The monoisotopic (exact) mass is 323 g/mol.